The van der Waals surface area contributed by atoms with Crippen LogP contribution in [-0.2, 0) is 6.18 Å². The lowest BCUT2D eigenvalue weighted by Gasteiger charge is -2.14. The van der Waals surface area contributed by atoms with Crippen LogP contribution in [0.3, 0.4) is 0 Å². The number of anilines is 3. The van der Waals surface area contributed by atoms with Gasteiger partial charge in [-0.2, -0.15) is 13.2 Å². The summed E-state index contributed by atoms with van der Waals surface area (Å²) in [4.78, 5) is 30.8. The number of aryl methyl sites for hydroxylation is 3. The SMILES string of the molecule is Cc1cn(-c2cc(NC(=O)c3ccc(C)c(-c4cnc(Nc5ccnc(C)n5)s4)c3)cc(C(F)(F)F)c2)cn1. The molecule has 39 heavy (non-hydrogen) atoms. The molecule has 0 aliphatic carbocycles. The van der Waals surface area contributed by atoms with Crippen molar-refractivity contribution in [2.75, 3.05) is 10.6 Å². The molecule has 3 heterocycles. The van der Waals surface area contributed by atoms with E-state index >= 15 is 0 Å². The van der Waals surface area contributed by atoms with Gasteiger partial charge in [-0.15, -0.1) is 0 Å². The van der Waals surface area contributed by atoms with Crippen LogP contribution in [0.15, 0.2) is 67.4 Å². The third-order valence-electron chi connectivity index (χ3n) is 5.79. The quantitative estimate of drug-likeness (QED) is 0.244. The van der Waals surface area contributed by atoms with E-state index in [-0.39, 0.29) is 11.4 Å². The summed E-state index contributed by atoms with van der Waals surface area (Å²) in [7, 11) is 0. The predicted molar refractivity (Wildman–Crippen MR) is 144 cm³/mol. The third kappa shape index (κ3) is 5.96. The summed E-state index contributed by atoms with van der Waals surface area (Å²) in [6.45, 7) is 5.43. The number of aromatic nitrogens is 5. The van der Waals surface area contributed by atoms with Crippen molar-refractivity contribution in [3.8, 4) is 16.1 Å². The number of hydrogen-bond donors (Lipinski definition) is 2. The first-order valence-electron chi connectivity index (χ1n) is 11.7. The standard InChI is InChI=1S/C27H22F3N7OS/c1-15-4-5-18(8-22(15)23-12-32-26(39-23)36-24-6-7-31-17(3)34-24)25(38)35-20-9-19(27(28,29)30)10-21(11-20)37-13-16(2)33-14-37/h4-14H,1-3H3,(H,35,38)(H,31,32,34,36). The molecule has 2 N–H and O–H groups in total. The van der Waals surface area contributed by atoms with Crippen LogP contribution in [0.5, 0.6) is 0 Å². The number of nitrogens with zero attached hydrogens (tertiary/aromatic N) is 5. The Bertz CT molecular complexity index is 1680. The Hall–Kier alpha value is -4.58. The fraction of sp³-hybridized carbons (Fsp3) is 0.148. The van der Waals surface area contributed by atoms with Gasteiger partial charge in [0.1, 0.15) is 11.6 Å². The zero-order chi connectivity index (χ0) is 27.7. The van der Waals surface area contributed by atoms with Gasteiger partial charge in [-0.05, 0) is 68.3 Å². The minimum Gasteiger partial charge on any atom is -0.322 e. The Labute approximate surface area is 225 Å². The largest absolute Gasteiger partial charge is 0.416 e. The summed E-state index contributed by atoms with van der Waals surface area (Å²) >= 11 is 1.38. The van der Waals surface area contributed by atoms with E-state index < -0.39 is 17.6 Å². The van der Waals surface area contributed by atoms with Crippen LogP contribution in [0.25, 0.3) is 16.1 Å². The smallest absolute Gasteiger partial charge is 0.322 e. The summed E-state index contributed by atoms with van der Waals surface area (Å²) in [6, 6.07) is 10.2. The van der Waals surface area contributed by atoms with Crippen LogP contribution < -0.4 is 10.6 Å². The molecular formula is C27H22F3N7OS. The van der Waals surface area contributed by atoms with Crippen LogP contribution in [0.4, 0.5) is 29.8 Å². The zero-order valence-electron chi connectivity index (χ0n) is 21.0. The average molecular weight is 550 g/mol. The lowest BCUT2D eigenvalue weighted by molar-refractivity contribution is -0.137. The van der Waals surface area contributed by atoms with E-state index in [0.29, 0.717) is 28.0 Å². The molecule has 0 saturated carbocycles. The molecule has 1 amide bonds. The maximum atomic E-state index is 13.6. The van der Waals surface area contributed by atoms with E-state index in [0.717, 1.165) is 28.1 Å². The van der Waals surface area contributed by atoms with Gasteiger partial charge < -0.3 is 15.2 Å². The van der Waals surface area contributed by atoms with Crippen molar-refractivity contribution in [1.82, 2.24) is 24.5 Å². The molecule has 8 nitrogen and oxygen atoms in total. The Morgan fingerprint density at radius 3 is 2.54 bits per heavy atom. The Morgan fingerprint density at radius 1 is 1.00 bits per heavy atom. The van der Waals surface area contributed by atoms with Gasteiger partial charge in [0.2, 0.25) is 0 Å². The molecule has 3 aromatic heterocycles. The molecule has 5 rings (SSSR count). The minimum atomic E-state index is -4.59. The van der Waals surface area contributed by atoms with Gasteiger partial charge in [0, 0.05) is 35.5 Å². The molecule has 0 fully saturated rings. The molecular weight excluding hydrogens is 527 g/mol. The van der Waals surface area contributed by atoms with E-state index in [2.05, 4.69) is 30.6 Å². The molecule has 0 aliphatic rings. The number of nitrogens with one attached hydrogen (secondary N) is 2. The van der Waals surface area contributed by atoms with Crippen LogP contribution in [0.2, 0.25) is 0 Å². The van der Waals surface area contributed by atoms with Crippen LogP contribution in [0.1, 0.15) is 33.0 Å². The highest BCUT2D eigenvalue weighted by atomic mass is 32.1. The number of halogens is 3. The normalized spacial score (nSPS) is 11.4. The van der Waals surface area contributed by atoms with Crippen molar-refractivity contribution in [1.29, 1.82) is 0 Å². The molecule has 0 saturated heterocycles. The summed E-state index contributed by atoms with van der Waals surface area (Å²) in [6.07, 6.45) is 1.78. The van der Waals surface area contributed by atoms with Gasteiger partial charge in [-0.3, -0.25) is 4.79 Å². The van der Waals surface area contributed by atoms with E-state index in [4.69, 9.17) is 0 Å². The second-order valence-corrected chi connectivity index (χ2v) is 9.85. The van der Waals surface area contributed by atoms with Crippen molar-refractivity contribution in [3.05, 3.63) is 95.6 Å². The van der Waals surface area contributed by atoms with Crippen LogP contribution in [-0.4, -0.2) is 30.4 Å². The van der Waals surface area contributed by atoms with E-state index in [1.54, 1.807) is 56.7 Å². The lowest BCUT2D eigenvalue weighted by atomic mass is 10.0. The number of hydrogen-bond acceptors (Lipinski definition) is 7. The number of carbonyl (C=O) groups is 1. The maximum absolute atomic E-state index is 13.6. The number of benzene rings is 2. The highest BCUT2D eigenvalue weighted by Gasteiger charge is 2.31. The predicted octanol–water partition coefficient (Wildman–Crippen LogP) is 6.73. The first-order chi connectivity index (χ1) is 18.5. The molecule has 0 atom stereocenters. The molecule has 0 bridgehead atoms. The van der Waals surface area contributed by atoms with Gasteiger partial charge >= 0.3 is 6.18 Å². The molecule has 12 heteroatoms. The van der Waals surface area contributed by atoms with Gasteiger partial charge in [0.25, 0.3) is 5.91 Å². The van der Waals surface area contributed by atoms with Crippen LogP contribution in [0, 0.1) is 20.8 Å². The second-order valence-electron chi connectivity index (χ2n) is 8.82. The fourth-order valence-corrected chi connectivity index (χ4v) is 4.79. The molecule has 0 unspecified atom stereocenters. The Balaban J connectivity index is 1.41. The summed E-state index contributed by atoms with van der Waals surface area (Å²) in [5, 5.41) is 6.37. The fourth-order valence-electron chi connectivity index (χ4n) is 3.88. The van der Waals surface area contributed by atoms with Crippen molar-refractivity contribution in [2.24, 2.45) is 0 Å². The topological polar surface area (TPSA) is 97.6 Å². The number of thiazole rings is 1. The maximum Gasteiger partial charge on any atom is 0.416 e. The number of imidazole rings is 1. The summed E-state index contributed by atoms with van der Waals surface area (Å²) in [5.74, 6) is 0.696. The number of rotatable bonds is 6. The van der Waals surface area contributed by atoms with Crippen molar-refractivity contribution in [2.45, 2.75) is 26.9 Å². The van der Waals surface area contributed by atoms with E-state index in [1.165, 1.54) is 28.3 Å². The zero-order valence-corrected chi connectivity index (χ0v) is 21.9. The van der Waals surface area contributed by atoms with Crippen LogP contribution >= 0.6 is 11.3 Å². The molecule has 198 valence electrons. The van der Waals surface area contributed by atoms with Crippen molar-refractivity contribution >= 4 is 33.9 Å². The highest BCUT2D eigenvalue weighted by molar-refractivity contribution is 7.19. The van der Waals surface area contributed by atoms with Gasteiger partial charge in [0.05, 0.1) is 22.5 Å². The van der Waals surface area contributed by atoms with Gasteiger partial charge in [0.15, 0.2) is 5.13 Å². The number of alkyl halides is 3. The highest BCUT2D eigenvalue weighted by Crippen LogP contribution is 2.35. The van der Waals surface area contributed by atoms with E-state index in [1.807, 2.05) is 6.92 Å². The second kappa shape index (κ2) is 10.3. The summed E-state index contributed by atoms with van der Waals surface area (Å²) in [5.41, 5.74) is 2.01. The number of carbonyl (C=O) groups excluding carboxylic acids is 1. The monoisotopic (exact) mass is 549 g/mol. The molecule has 5 aromatic rings. The van der Waals surface area contributed by atoms with Crippen molar-refractivity contribution < 1.29 is 18.0 Å². The lowest BCUT2D eigenvalue weighted by Crippen LogP contribution is -2.14. The molecule has 0 spiro atoms. The van der Waals surface area contributed by atoms with Gasteiger partial charge in [-0.1, -0.05) is 17.4 Å². The van der Waals surface area contributed by atoms with Gasteiger partial charge in [-0.25, -0.2) is 19.9 Å². The third-order valence-corrected chi connectivity index (χ3v) is 6.74. The number of amides is 1. The summed E-state index contributed by atoms with van der Waals surface area (Å²) < 4.78 is 42.3. The molecule has 0 aliphatic heterocycles. The minimum absolute atomic E-state index is 0.0164. The Kier molecular flexibility index (Phi) is 6.87. The first kappa shape index (κ1) is 26.0. The van der Waals surface area contributed by atoms with E-state index in [9.17, 15) is 18.0 Å². The average Bonchev–Trinajstić information content (AvgIpc) is 3.52. The first-order valence-corrected chi connectivity index (χ1v) is 12.5. The molecule has 0 radical (unpaired) electrons. The molecule has 2 aromatic carbocycles. The van der Waals surface area contributed by atoms with Crippen molar-refractivity contribution in [3.63, 3.8) is 0 Å². The Morgan fingerprint density at radius 2 is 1.82 bits per heavy atom.